The van der Waals surface area contributed by atoms with Gasteiger partial charge in [-0.15, -0.1) is 0 Å². The standard InChI is InChI=1S/C15H15ClN2OS/c1-19-13-7-4-6-12(9-13)18-15(20)17-10-11-5-2-3-8-14(11)16/h2-9H,10H2,1H3,(H2,17,18,20). The summed E-state index contributed by atoms with van der Waals surface area (Å²) >= 11 is 11.3. The largest absolute Gasteiger partial charge is 0.497 e. The van der Waals surface area contributed by atoms with Crippen LogP contribution in [0.25, 0.3) is 0 Å². The van der Waals surface area contributed by atoms with Gasteiger partial charge in [0.25, 0.3) is 0 Å². The Morgan fingerprint density at radius 2 is 2.00 bits per heavy atom. The SMILES string of the molecule is COc1cccc(NC(=S)NCc2ccccc2Cl)c1. The first-order chi connectivity index (χ1) is 9.69. The predicted octanol–water partition coefficient (Wildman–Crippen LogP) is 3.84. The Morgan fingerprint density at radius 1 is 1.20 bits per heavy atom. The summed E-state index contributed by atoms with van der Waals surface area (Å²) in [6.07, 6.45) is 0. The minimum absolute atomic E-state index is 0.540. The van der Waals surface area contributed by atoms with E-state index in [0.717, 1.165) is 22.0 Å². The van der Waals surface area contributed by atoms with Crippen molar-refractivity contribution in [1.29, 1.82) is 0 Å². The molecule has 0 atom stereocenters. The average molecular weight is 307 g/mol. The number of ether oxygens (including phenoxy) is 1. The van der Waals surface area contributed by atoms with Crippen molar-refractivity contribution in [3.05, 3.63) is 59.1 Å². The molecular formula is C15H15ClN2OS. The van der Waals surface area contributed by atoms with Gasteiger partial charge in [-0.2, -0.15) is 0 Å². The number of methoxy groups -OCH3 is 1. The van der Waals surface area contributed by atoms with Crippen LogP contribution in [0, 0.1) is 0 Å². The van der Waals surface area contributed by atoms with Crippen LogP contribution in [0.1, 0.15) is 5.56 Å². The summed E-state index contributed by atoms with van der Waals surface area (Å²) in [6.45, 7) is 0.579. The lowest BCUT2D eigenvalue weighted by Gasteiger charge is -2.12. The number of hydrogen-bond acceptors (Lipinski definition) is 2. The molecule has 5 heteroatoms. The summed E-state index contributed by atoms with van der Waals surface area (Å²) in [6, 6.07) is 15.2. The molecule has 0 saturated heterocycles. The molecule has 0 aromatic heterocycles. The van der Waals surface area contributed by atoms with Crippen LogP contribution in [-0.2, 0) is 6.54 Å². The summed E-state index contributed by atoms with van der Waals surface area (Å²) in [5.74, 6) is 0.781. The van der Waals surface area contributed by atoms with E-state index in [9.17, 15) is 0 Å². The second kappa shape index (κ2) is 7.12. The molecular weight excluding hydrogens is 292 g/mol. The van der Waals surface area contributed by atoms with Crippen LogP contribution in [0.4, 0.5) is 5.69 Å². The van der Waals surface area contributed by atoms with E-state index in [-0.39, 0.29) is 0 Å². The molecule has 3 nitrogen and oxygen atoms in total. The van der Waals surface area contributed by atoms with Crippen molar-refractivity contribution in [1.82, 2.24) is 5.32 Å². The highest BCUT2D eigenvalue weighted by Crippen LogP contribution is 2.17. The maximum absolute atomic E-state index is 6.09. The van der Waals surface area contributed by atoms with E-state index in [0.29, 0.717) is 11.7 Å². The van der Waals surface area contributed by atoms with Gasteiger partial charge in [-0.3, -0.25) is 0 Å². The summed E-state index contributed by atoms with van der Waals surface area (Å²) in [7, 11) is 1.63. The van der Waals surface area contributed by atoms with Gasteiger partial charge in [0.2, 0.25) is 0 Å². The maximum atomic E-state index is 6.09. The van der Waals surface area contributed by atoms with Crippen molar-refractivity contribution in [2.45, 2.75) is 6.54 Å². The average Bonchev–Trinajstić information content (AvgIpc) is 2.46. The van der Waals surface area contributed by atoms with E-state index < -0.39 is 0 Å². The molecule has 0 heterocycles. The summed E-state index contributed by atoms with van der Waals surface area (Å²) in [5.41, 5.74) is 1.88. The van der Waals surface area contributed by atoms with Gasteiger partial charge in [-0.25, -0.2) is 0 Å². The van der Waals surface area contributed by atoms with Crippen molar-refractivity contribution in [2.75, 3.05) is 12.4 Å². The monoisotopic (exact) mass is 306 g/mol. The fourth-order valence-electron chi connectivity index (χ4n) is 1.69. The van der Waals surface area contributed by atoms with Gasteiger partial charge < -0.3 is 15.4 Å². The van der Waals surface area contributed by atoms with Crippen molar-refractivity contribution in [2.24, 2.45) is 0 Å². The van der Waals surface area contributed by atoms with Gasteiger partial charge in [-0.1, -0.05) is 35.9 Å². The number of halogens is 1. The normalized spacial score (nSPS) is 9.90. The Balaban J connectivity index is 1.91. The molecule has 0 aliphatic rings. The Morgan fingerprint density at radius 3 is 2.75 bits per heavy atom. The van der Waals surface area contributed by atoms with E-state index in [4.69, 9.17) is 28.6 Å². The molecule has 0 amide bonds. The van der Waals surface area contributed by atoms with Gasteiger partial charge in [0.05, 0.1) is 7.11 Å². The first-order valence-corrected chi connectivity index (χ1v) is 6.90. The quantitative estimate of drug-likeness (QED) is 0.841. The summed E-state index contributed by atoms with van der Waals surface area (Å²) in [4.78, 5) is 0. The third-order valence-corrected chi connectivity index (χ3v) is 3.34. The molecule has 0 saturated carbocycles. The number of hydrogen-bond donors (Lipinski definition) is 2. The van der Waals surface area contributed by atoms with Crippen LogP contribution >= 0.6 is 23.8 Å². The Hall–Kier alpha value is -1.78. The Bertz CT molecular complexity index is 604. The Kier molecular flexibility index (Phi) is 5.21. The van der Waals surface area contributed by atoms with Gasteiger partial charge in [0.15, 0.2) is 5.11 Å². The lowest BCUT2D eigenvalue weighted by Crippen LogP contribution is -2.27. The molecule has 2 aromatic rings. The van der Waals surface area contributed by atoms with Crippen molar-refractivity contribution >= 4 is 34.6 Å². The lowest BCUT2D eigenvalue weighted by molar-refractivity contribution is 0.415. The number of nitrogens with one attached hydrogen (secondary N) is 2. The fraction of sp³-hybridized carbons (Fsp3) is 0.133. The highest BCUT2D eigenvalue weighted by Gasteiger charge is 2.02. The number of thiocarbonyl (C=S) groups is 1. The van der Waals surface area contributed by atoms with E-state index in [1.807, 2.05) is 48.5 Å². The fourth-order valence-corrected chi connectivity index (χ4v) is 2.09. The van der Waals surface area contributed by atoms with Gasteiger partial charge in [0, 0.05) is 23.3 Å². The molecule has 0 aliphatic carbocycles. The molecule has 0 spiro atoms. The third-order valence-electron chi connectivity index (χ3n) is 2.72. The molecule has 2 rings (SSSR count). The summed E-state index contributed by atoms with van der Waals surface area (Å²) in [5, 5.41) is 7.49. The van der Waals surface area contributed by atoms with Crippen LogP contribution in [0.3, 0.4) is 0 Å². The first-order valence-electron chi connectivity index (χ1n) is 6.11. The van der Waals surface area contributed by atoms with Gasteiger partial charge in [0.1, 0.15) is 5.75 Å². The van der Waals surface area contributed by atoms with Crippen LogP contribution in [-0.4, -0.2) is 12.2 Å². The lowest BCUT2D eigenvalue weighted by atomic mass is 10.2. The number of anilines is 1. The van der Waals surface area contributed by atoms with Crippen LogP contribution < -0.4 is 15.4 Å². The minimum Gasteiger partial charge on any atom is -0.497 e. The smallest absolute Gasteiger partial charge is 0.171 e. The van der Waals surface area contributed by atoms with Gasteiger partial charge >= 0.3 is 0 Å². The highest BCUT2D eigenvalue weighted by atomic mass is 35.5. The van der Waals surface area contributed by atoms with Crippen molar-refractivity contribution in [3.63, 3.8) is 0 Å². The van der Waals surface area contributed by atoms with E-state index in [1.54, 1.807) is 7.11 Å². The molecule has 0 aliphatic heterocycles. The molecule has 2 aromatic carbocycles. The predicted molar refractivity (Wildman–Crippen MR) is 87.5 cm³/mol. The zero-order chi connectivity index (χ0) is 14.4. The van der Waals surface area contributed by atoms with Crippen LogP contribution in [0.2, 0.25) is 5.02 Å². The van der Waals surface area contributed by atoms with Crippen LogP contribution in [0.15, 0.2) is 48.5 Å². The van der Waals surface area contributed by atoms with E-state index in [1.165, 1.54) is 0 Å². The van der Waals surface area contributed by atoms with Crippen molar-refractivity contribution < 1.29 is 4.74 Å². The molecule has 0 bridgehead atoms. The molecule has 2 N–H and O–H groups in total. The molecule has 20 heavy (non-hydrogen) atoms. The second-order valence-electron chi connectivity index (χ2n) is 4.13. The Labute approximate surface area is 128 Å². The maximum Gasteiger partial charge on any atom is 0.171 e. The zero-order valence-electron chi connectivity index (χ0n) is 11.0. The number of rotatable bonds is 4. The number of benzene rings is 2. The first kappa shape index (κ1) is 14.6. The third kappa shape index (κ3) is 4.11. The topological polar surface area (TPSA) is 33.3 Å². The van der Waals surface area contributed by atoms with Crippen molar-refractivity contribution in [3.8, 4) is 5.75 Å². The molecule has 0 unspecified atom stereocenters. The summed E-state index contributed by atoms with van der Waals surface area (Å²) < 4.78 is 5.16. The van der Waals surface area contributed by atoms with E-state index in [2.05, 4.69) is 10.6 Å². The minimum atomic E-state index is 0.540. The van der Waals surface area contributed by atoms with Crippen LogP contribution in [0.5, 0.6) is 5.75 Å². The van der Waals surface area contributed by atoms with Gasteiger partial charge in [-0.05, 0) is 36.0 Å². The van der Waals surface area contributed by atoms with E-state index >= 15 is 0 Å². The zero-order valence-corrected chi connectivity index (χ0v) is 12.6. The molecule has 0 fully saturated rings. The highest BCUT2D eigenvalue weighted by molar-refractivity contribution is 7.80. The molecule has 104 valence electrons. The second-order valence-corrected chi connectivity index (χ2v) is 4.95. The molecule has 0 radical (unpaired) electrons.